The maximum Gasteiger partial charge on any atom is 0.261 e. The van der Waals surface area contributed by atoms with Crippen molar-refractivity contribution in [1.82, 2.24) is 9.55 Å². The molecule has 0 aliphatic heterocycles. The first-order valence-corrected chi connectivity index (χ1v) is 8.71. The van der Waals surface area contributed by atoms with E-state index in [4.69, 9.17) is 11.6 Å². The van der Waals surface area contributed by atoms with Crippen LogP contribution in [0.5, 0.6) is 0 Å². The molecule has 0 fully saturated rings. The van der Waals surface area contributed by atoms with Crippen LogP contribution in [0.2, 0.25) is 5.02 Å². The third kappa shape index (κ3) is 3.49. The van der Waals surface area contributed by atoms with Crippen LogP contribution < -0.4 is 5.56 Å². The minimum Gasteiger partial charge on any atom is -0.292 e. The Hall–Kier alpha value is -2.46. The summed E-state index contributed by atoms with van der Waals surface area (Å²) in [5.41, 5.74) is 3.09. The van der Waals surface area contributed by atoms with Crippen molar-refractivity contribution >= 4 is 28.3 Å². The average molecular weight is 355 g/mol. The average Bonchev–Trinajstić information content (AvgIpc) is 2.63. The third-order valence-electron chi connectivity index (χ3n) is 4.36. The molecule has 0 radical (unpaired) electrons. The van der Waals surface area contributed by atoms with Gasteiger partial charge in [0.15, 0.2) is 5.78 Å². The molecule has 2 aromatic carbocycles. The van der Waals surface area contributed by atoms with Crippen LogP contribution in [0.1, 0.15) is 35.3 Å². The lowest BCUT2D eigenvalue weighted by molar-refractivity contribution is 0.0969. The summed E-state index contributed by atoms with van der Waals surface area (Å²) < 4.78 is 1.35. The lowest BCUT2D eigenvalue weighted by Crippen LogP contribution is -2.25. The number of aryl methyl sites for hydroxylation is 2. The molecule has 0 unspecified atom stereocenters. The van der Waals surface area contributed by atoms with Gasteiger partial charge in [0, 0.05) is 10.6 Å². The smallest absolute Gasteiger partial charge is 0.261 e. The zero-order valence-electron chi connectivity index (χ0n) is 14.3. The van der Waals surface area contributed by atoms with E-state index >= 15 is 0 Å². The van der Waals surface area contributed by atoms with Crippen molar-refractivity contribution < 1.29 is 4.79 Å². The van der Waals surface area contributed by atoms with Crippen molar-refractivity contribution in [3.63, 3.8) is 0 Å². The van der Waals surface area contributed by atoms with Crippen LogP contribution >= 0.6 is 11.6 Å². The fourth-order valence-electron chi connectivity index (χ4n) is 2.90. The minimum absolute atomic E-state index is 0.0333. The van der Waals surface area contributed by atoms with Gasteiger partial charge in [-0.2, -0.15) is 0 Å². The number of aromatic nitrogens is 2. The Balaban J connectivity index is 2.00. The van der Waals surface area contributed by atoms with Crippen molar-refractivity contribution in [3.05, 3.63) is 74.8 Å². The number of hydrogen-bond donors (Lipinski definition) is 0. The number of ketones is 1. The van der Waals surface area contributed by atoms with Crippen LogP contribution in [-0.4, -0.2) is 15.3 Å². The van der Waals surface area contributed by atoms with Crippen LogP contribution in [0.4, 0.5) is 0 Å². The van der Waals surface area contributed by atoms with Gasteiger partial charge in [0.05, 0.1) is 23.8 Å². The largest absolute Gasteiger partial charge is 0.292 e. The molecule has 0 amide bonds. The summed E-state index contributed by atoms with van der Waals surface area (Å²) in [5, 5.41) is 0.889. The second-order valence-electron chi connectivity index (χ2n) is 5.96. The molecule has 1 heterocycles. The highest BCUT2D eigenvalue weighted by Crippen LogP contribution is 2.16. The molecule has 0 aliphatic rings. The molecule has 0 N–H and O–H groups in total. The van der Waals surface area contributed by atoms with Gasteiger partial charge in [0.25, 0.3) is 5.56 Å². The van der Waals surface area contributed by atoms with E-state index in [1.807, 2.05) is 25.1 Å². The number of benzene rings is 2. The van der Waals surface area contributed by atoms with Gasteiger partial charge >= 0.3 is 0 Å². The van der Waals surface area contributed by atoms with E-state index in [1.54, 1.807) is 18.2 Å². The zero-order valence-corrected chi connectivity index (χ0v) is 15.0. The Morgan fingerprint density at radius 3 is 2.64 bits per heavy atom. The summed E-state index contributed by atoms with van der Waals surface area (Å²) >= 11 is 5.97. The van der Waals surface area contributed by atoms with E-state index in [0.717, 1.165) is 24.0 Å². The van der Waals surface area contributed by atoms with Crippen LogP contribution in [0.15, 0.2) is 47.5 Å². The first-order chi connectivity index (χ1) is 12.0. The summed E-state index contributed by atoms with van der Waals surface area (Å²) in [5.74, 6) is -0.0857. The highest BCUT2D eigenvalue weighted by atomic mass is 35.5. The minimum atomic E-state index is -0.259. The van der Waals surface area contributed by atoms with Gasteiger partial charge in [-0.25, -0.2) is 4.98 Å². The third-order valence-corrected chi connectivity index (χ3v) is 4.60. The maximum absolute atomic E-state index is 12.8. The molecule has 3 aromatic rings. The standard InChI is InChI=1S/C20H19ClN2O2/c1-3-13-5-6-14(4-2)16(9-13)19(24)11-23-12-22-18-8-7-15(21)10-17(18)20(23)25/h5-10,12H,3-4,11H2,1-2H3. The first-order valence-electron chi connectivity index (χ1n) is 8.33. The van der Waals surface area contributed by atoms with Crippen molar-refractivity contribution in [1.29, 1.82) is 0 Å². The van der Waals surface area contributed by atoms with E-state index < -0.39 is 0 Å². The normalized spacial score (nSPS) is 11.0. The Labute approximate surface area is 151 Å². The fraction of sp³-hybridized carbons (Fsp3) is 0.250. The van der Waals surface area contributed by atoms with Crippen molar-refractivity contribution in [3.8, 4) is 0 Å². The van der Waals surface area contributed by atoms with Gasteiger partial charge in [0.1, 0.15) is 0 Å². The SMILES string of the molecule is CCc1ccc(CC)c(C(=O)Cn2cnc3ccc(Cl)cc3c2=O)c1. The van der Waals surface area contributed by atoms with Crippen molar-refractivity contribution in [2.45, 2.75) is 33.2 Å². The Morgan fingerprint density at radius 1 is 1.12 bits per heavy atom. The lowest BCUT2D eigenvalue weighted by Gasteiger charge is -2.11. The van der Waals surface area contributed by atoms with Crippen LogP contribution in [0.3, 0.4) is 0 Å². The number of carbonyl (C=O) groups excluding carboxylic acids is 1. The van der Waals surface area contributed by atoms with E-state index in [2.05, 4.69) is 11.9 Å². The molecule has 5 heteroatoms. The zero-order chi connectivity index (χ0) is 18.0. The number of hydrogen-bond acceptors (Lipinski definition) is 3. The summed E-state index contributed by atoms with van der Waals surface area (Å²) in [6.07, 6.45) is 3.05. The Morgan fingerprint density at radius 2 is 1.92 bits per heavy atom. The van der Waals surface area contributed by atoms with Gasteiger partial charge in [0.2, 0.25) is 0 Å². The highest BCUT2D eigenvalue weighted by Gasteiger charge is 2.14. The summed E-state index contributed by atoms with van der Waals surface area (Å²) in [4.78, 5) is 29.7. The number of Topliss-reactive ketones (excluding diaryl/α,β-unsaturated/α-hetero) is 1. The number of carbonyl (C=O) groups is 1. The summed E-state index contributed by atoms with van der Waals surface area (Å²) in [6.45, 7) is 4.04. The molecule has 0 aliphatic carbocycles. The second kappa shape index (κ2) is 7.19. The number of halogens is 1. The molecule has 0 spiro atoms. The molecule has 3 rings (SSSR count). The van der Waals surface area contributed by atoms with Crippen LogP contribution in [0, 0.1) is 0 Å². The fourth-order valence-corrected chi connectivity index (χ4v) is 3.07. The van der Waals surface area contributed by atoms with E-state index in [9.17, 15) is 9.59 Å². The molecule has 128 valence electrons. The molecular weight excluding hydrogens is 336 g/mol. The van der Waals surface area contributed by atoms with Crippen LogP contribution in [0.25, 0.3) is 10.9 Å². The Bertz CT molecular complexity index is 1010. The van der Waals surface area contributed by atoms with E-state index in [0.29, 0.717) is 21.5 Å². The van der Waals surface area contributed by atoms with Crippen molar-refractivity contribution in [2.75, 3.05) is 0 Å². The Kier molecular flexibility index (Phi) is 5.00. The van der Waals surface area contributed by atoms with E-state index in [-0.39, 0.29) is 17.9 Å². The number of nitrogens with zero attached hydrogens (tertiary/aromatic N) is 2. The lowest BCUT2D eigenvalue weighted by atomic mass is 9.97. The molecule has 25 heavy (non-hydrogen) atoms. The summed E-state index contributed by atoms with van der Waals surface area (Å²) in [7, 11) is 0. The highest BCUT2D eigenvalue weighted by molar-refractivity contribution is 6.31. The maximum atomic E-state index is 12.8. The quantitative estimate of drug-likeness (QED) is 0.649. The molecule has 0 saturated heterocycles. The second-order valence-corrected chi connectivity index (χ2v) is 6.40. The first kappa shape index (κ1) is 17.4. The van der Waals surface area contributed by atoms with Crippen molar-refractivity contribution in [2.24, 2.45) is 0 Å². The summed E-state index contributed by atoms with van der Waals surface area (Å²) in [6, 6.07) is 10.9. The van der Waals surface area contributed by atoms with Gasteiger partial charge in [-0.1, -0.05) is 37.6 Å². The van der Waals surface area contributed by atoms with Gasteiger partial charge in [-0.05, 0) is 48.2 Å². The molecular formula is C20H19ClN2O2. The molecule has 0 saturated carbocycles. The van der Waals surface area contributed by atoms with Gasteiger partial charge in [-0.3, -0.25) is 14.2 Å². The predicted octanol–water partition coefficient (Wildman–Crippen LogP) is 4.06. The molecule has 0 bridgehead atoms. The van der Waals surface area contributed by atoms with Gasteiger partial charge < -0.3 is 0 Å². The molecule has 0 atom stereocenters. The van der Waals surface area contributed by atoms with Gasteiger partial charge in [-0.15, -0.1) is 0 Å². The number of rotatable bonds is 5. The topological polar surface area (TPSA) is 52.0 Å². The van der Waals surface area contributed by atoms with E-state index in [1.165, 1.54) is 10.9 Å². The van der Waals surface area contributed by atoms with Crippen LogP contribution in [-0.2, 0) is 19.4 Å². The number of fused-ring (bicyclic) bond motifs is 1. The molecule has 1 aromatic heterocycles. The predicted molar refractivity (Wildman–Crippen MR) is 101 cm³/mol. The monoisotopic (exact) mass is 354 g/mol. The molecule has 4 nitrogen and oxygen atoms in total.